The Bertz CT molecular complexity index is 800. The number of nitrogens with two attached hydrogens (primary N) is 1. The van der Waals surface area contributed by atoms with Gasteiger partial charge in [0.15, 0.2) is 11.6 Å². The van der Waals surface area contributed by atoms with Crippen LogP contribution in [0.2, 0.25) is 0 Å². The van der Waals surface area contributed by atoms with Crippen molar-refractivity contribution in [2.24, 2.45) is 0 Å². The van der Waals surface area contributed by atoms with Gasteiger partial charge in [0.2, 0.25) is 0 Å². The van der Waals surface area contributed by atoms with E-state index in [2.05, 4.69) is 42.2 Å². The Morgan fingerprint density at radius 3 is 2.32 bits per heavy atom. The maximum Gasteiger partial charge on any atom is 0.169 e. The quantitative estimate of drug-likeness (QED) is 0.809. The molecule has 28 heavy (non-hydrogen) atoms. The summed E-state index contributed by atoms with van der Waals surface area (Å²) in [4.78, 5) is 15.2. The molecule has 0 spiro atoms. The van der Waals surface area contributed by atoms with Gasteiger partial charge in [0.25, 0.3) is 0 Å². The molecule has 0 bridgehead atoms. The fraction of sp³-hybridized carbons (Fsp3) is 0.474. The van der Waals surface area contributed by atoms with Crippen LogP contribution in [-0.4, -0.2) is 79.3 Å². The molecule has 8 nitrogen and oxygen atoms in total. The SMILES string of the molecule is CN1CCN(Nc2ncnc(N3CCN(c4ccccc4F)CC3)c2N)CC1. The van der Waals surface area contributed by atoms with Crippen LogP contribution in [-0.2, 0) is 0 Å². The van der Waals surface area contributed by atoms with Crippen LogP contribution >= 0.6 is 0 Å². The second-order valence-corrected chi connectivity index (χ2v) is 7.29. The van der Waals surface area contributed by atoms with Crippen LogP contribution in [0.3, 0.4) is 0 Å². The summed E-state index contributed by atoms with van der Waals surface area (Å²) in [6.07, 6.45) is 1.55. The number of piperazine rings is 2. The molecule has 2 aliphatic rings. The number of likely N-dealkylation sites (N-methyl/N-ethyl adjacent to an activating group) is 1. The van der Waals surface area contributed by atoms with Crippen LogP contribution < -0.4 is 21.0 Å². The molecule has 3 N–H and O–H groups in total. The lowest BCUT2D eigenvalue weighted by Crippen LogP contribution is -2.48. The largest absolute Gasteiger partial charge is 0.393 e. The van der Waals surface area contributed by atoms with E-state index in [-0.39, 0.29) is 5.82 Å². The molecule has 0 atom stereocenters. The lowest BCUT2D eigenvalue weighted by atomic mass is 10.2. The average Bonchev–Trinajstić information content (AvgIpc) is 2.72. The molecule has 1 aromatic heterocycles. The lowest BCUT2D eigenvalue weighted by molar-refractivity contribution is 0.178. The highest BCUT2D eigenvalue weighted by Gasteiger charge is 2.23. The van der Waals surface area contributed by atoms with Crippen molar-refractivity contribution >= 4 is 23.0 Å². The molecular weight excluding hydrogens is 359 g/mol. The van der Waals surface area contributed by atoms with Crippen LogP contribution in [0.4, 0.5) is 27.4 Å². The summed E-state index contributed by atoms with van der Waals surface area (Å²) in [5.41, 5.74) is 10.9. The molecule has 2 saturated heterocycles. The number of nitrogen functional groups attached to an aromatic ring is 1. The molecule has 3 heterocycles. The van der Waals surface area contributed by atoms with Gasteiger partial charge >= 0.3 is 0 Å². The molecule has 1 aromatic carbocycles. The molecule has 0 aliphatic carbocycles. The van der Waals surface area contributed by atoms with Crippen molar-refractivity contribution in [3.8, 4) is 0 Å². The summed E-state index contributed by atoms with van der Waals surface area (Å²) >= 11 is 0. The molecule has 150 valence electrons. The van der Waals surface area contributed by atoms with Gasteiger partial charge < -0.3 is 25.9 Å². The van der Waals surface area contributed by atoms with Crippen LogP contribution in [0.1, 0.15) is 0 Å². The fourth-order valence-electron chi connectivity index (χ4n) is 3.66. The Hall–Kier alpha value is -2.65. The minimum absolute atomic E-state index is 0.184. The molecule has 0 saturated carbocycles. The summed E-state index contributed by atoms with van der Waals surface area (Å²) in [6.45, 7) is 6.71. The van der Waals surface area contributed by atoms with Crippen LogP contribution in [0.25, 0.3) is 0 Å². The van der Waals surface area contributed by atoms with Gasteiger partial charge in [-0.15, -0.1) is 0 Å². The van der Waals surface area contributed by atoms with E-state index in [1.165, 1.54) is 6.07 Å². The highest BCUT2D eigenvalue weighted by Crippen LogP contribution is 2.28. The minimum Gasteiger partial charge on any atom is -0.393 e. The number of hydrazine groups is 1. The van der Waals surface area contributed by atoms with Gasteiger partial charge in [0.1, 0.15) is 17.8 Å². The van der Waals surface area contributed by atoms with Crippen molar-refractivity contribution in [2.45, 2.75) is 0 Å². The number of hydrogen-bond donors (Lipinski definition) is 2. The van der Waals surface area contributed by atoms with Gasteiger partial charge in [-0.05, 0) is 19.2 Å². The van der Waals surface area contributed by atoms with Crippen molar-refractivity contribution in [3.05, 3.63) is 36.4 Å². The smallest absolute Gasteiger partial charge is 0.169 e. The molecule has 2 aromatic rings. The molecule has 0 radical (unpaired) electrons. The van der Waals surface area contributed by atoms with Gasteiger partial charge in [-0.2, -0.15) is 0 Å². The van der Waals surface area contributed by atoms with Gasteiger partial charge in [0, 0.05) is 52.4 Å². The van der Waals surface area contributed by atoms with Crippen LogP contribution in [0, 0.1) is 5.82 Å². The summed E-state index contributed by atoms with van der Waals surface area (Å²) in [6, 6.07) is 6.90. The van der Waals surface area contributed by atoms with Gasteiger partial charge in [-0.1, -0.05) is 12.1 Å². The third-order valence-electron chi connectivity index (χ3n) is 5.40. The Kier molecular flexibility index (Phi) is 5.45. The first-order valence-electron chi connectivity index (χ1n) is 9.67. The minimum atomic E-state index is -0.184. The van der Waals surface area contributed by atoms with Gasteiger partial charge in [-0.25, -0.2) is 19.4 Å². The Morgan fingerprint density at radius 2 is 1.61 bits per heavy atom. The predicted molar refractivity (Wildman–Crippen MR) is 110 cm³/mol. The summed E-state index contributed by atoms with van der Waals surface area (Å²) < 4.78 is 14.0. The van der Waals surface area contributed by atoms with Crippen molar-refractivity contribution in [1.29, 1.82) is 0 Å². The first kappa shape index (κ1) is 18.7. The van der Waals surface area contributed by atoms with E-state index < -0.39 is 0 Å². The third-order valence-corrected chi connectivity index (χ3v) is 5.40. The number of benzene rings is 1. The maximum atomic E-state index is 14.0. The number of nitrogens with zero attached hydrogens (tertiary/aromatic N) is 6. The van der Waals surface area contributed by atoms with Crippen LogP contribution in [0.15, 0.2) is 30.6 Å². The highest BCUT2D eigenvalue weighted by molar-refractivity contribution is 5.75. The molecular formula is C19H27FN8. The van der Waals surface area contributed by atoms with E-state index >= 15 is 0 Å². The van der Waals surface area contributed by atoms with Crippen molar-refractivity contribution < 1.29 is 4.39 Å². The molecule has 2 fully saturated rings. The number of hydrogen-bond acceptors (Lipinski definition) is 8. The number of aromatic nitrogens is 2. The van der Waals surface area contributed by atoms with E-state index in [4.69, 9.17) is 5.73 Å². The lowest BCUT2D eigenvalue weighted by Gasteiger charge is -2.37. The van der Waals surface area contributed by atoms with Gasteiger partial charge in [0.05, 0.1) is 5.69 Å². The topological polar surface area (TPSA) is 76.8 Å². The zero-order valence-electron chi connectivity index (χ0n) is 16.2. The van der Waals surface area contributed by atoms with E-state index in [1.807, 2.05) is 12.1 Å². The third kappa shape index (κ3) is 3.95. The van der Waals surface area contributed by atoms with Crippen molar-refractivity contribution in [1.82, 2.24) is 19.9 Å². The van der Waals surface area contributed by atoms with Crippen molar-refractivity contribution in [3.63, 3.8) is 0 Å². The Morgan fingerprint density at radius 1 is 0.929 bits per heavy atom. The number of rotatable bonds is 4. The monoisotopic (exact) mass is 386 g/mol. The molecule has 2 aliphatic heterocycles. The van der Waals surface area contributed by atoms with E-state index in [1.54, 1.807) is 12.4 Å². The first-order chi connectivity index (χ1) is 13.6. The van der Waals surface area contributed by atoms with E-state index in [0.29, 0.717) is 30.3 Å². The molecule has 4 rings (SSSR count). The second-order valence-electron chi connectivity index (χ2n) is 7.29. The van der Waals surface area contributed by atoms with E-state index in [0.717, 1.165) is 45.1 Å². The number of para-hydroxylation sites is 1. The maximum absolute atomic E-state index is 14.0. The summed E-state index contributed by atoms with van der Waals surface area (Å²) in [7, 11) is 2.12. The van der Waals surface area contributed by atoms with Crippen LogP contribution in [0.5, 0.6) is 0 Å². The standard InChI is InChI=1S/C19H27FN8/c1-25-6-12-28(13-7-25)24-18-17(21)19(23-14-22-18)27-10-8-26(9-11-27)16-5-3-2-4-15(16)20/h2-5,14H,6-13,21H2,1H3,(H,22,23,24). The molecule has 9 heteroatoms. The average molecular weight is 386 g/mol. The van der Waals surface area contributed by atoms with Gasteiger partial charge in [-0.3, -0.25) is 0 Å². The fourth-order valence-corrected chi connectivity index (χ4v) is 3.66. The second kappa shape index (κ2) is 8.15. The summed E-state index contributed by atoms with van der Waals surface area (Å²) in [5.74, 6) is 1.20. The zero-order chi connectivity index (χ0) is 19.5. The molecule has 0 unspecified atom stereocenters. The van der Waals surface area contributed by atoms with E-state index in [9.17, 15) is 4.39 Å². The number of nitrogens with one attached hydrogen (secondary N) is 1. The molecule has 0 amide bonds. The predicted octanol–water partition coefficient (Wildman–Crippen LogP) is 1.10. The zero-order valence-corrected chi connectivity index (χ0v) is 16.2. The first-order valence-corrected chi connectivity index (χ1v) is 9.67. The Labute approximate surface area is 164 Å². The normalized spacial score (nSPS) is 19.1. The number of anilines is 4. The number of halogens is 1. The Balaban J connectivity index is 1.42. The van der Waals surface area contributed by atoms with Crippen molar-refractivity contribution in [2.75, 3.05) is 80.4 Å². The summed E-state index contributed by atoms with van der Waals surface area (Å²) in [5, 5.41) is 2.14. The highest BCUT2D eigenvalue weighted by atomic mass is 19.1.